The van der Waals surface area contributed by atoms with E-state index in [1.807, 2.05) is 52.7 Å². The average molecular weight is 367 g/mol. The van der Waals surface area contributed by atoms with E-state index in [2.05, 4.69) is 10.2 Å². The van der Waals surface area contributed by atoms with E-state index in [1.165, 1.54) is 0 Å². The maximum atomic E-state index is 12.7. The number of benzene rings is 1. The molecule has 1 fully saturated rings. The lowest BCUT2D eigenvalue weighted by atomic mass is 9.90. The molecule has 1 amide bonds. The number of likely N-dealkylation sites (tertiary alicyclic amines) is 1. The molecule has 3 heterocycles. The molecule has 26 heavy (non-hydrogen) atoms. The molecule has 3 aromatic rings. The van der Waals surface area contributed by atoms with E-state index in [-0.39, 0.29) is 11.8 Å². The number of hydrogen-bond donors (Lipinski definition) is 2. The number of aliphatic hydroxyl groups excluding tert-OH is 1. The molecule has 0 bridgehead atoms. The highest BCUT2D eigenvalue weighted by Crippen LogP contribution is 2.33. The Labute approximate surface area is 156 Å². The van der Waals surface area contributed by atoms with Crippen LogP contribution in [0.15, 0.2) is 54.0 Å². The Morgan fingerprint density at radius 1 is 1.19 bits per heavy atom. The topological polar surface area (TPSA) is 69.2 Å². The van der Waals surface area contributed by atoms with Crippen molar-refractivity contribution in [3.8, 4) is 11.3 Å². The summed E-state index contributed by atoms with van der Waals surface area (Å²) in [7, 11) is 0. The highest BCUT2D eigenvalue weighted by atomic mass is 32.1. The van der Waals surface area contributed by atoms with Crippen LogP contribution < -0.4 is 0 Å². The largest absolute Gasteiger partial charge is 0.387 e. The van der Waals surface area contributed by atoms with Gasteiger partial charge in [-0.25, -0.2) is 0 Å². The number of thiophene rings is 1. The average Bonchev–Trinajstić information content (AvgIpc) is 3.41. The van der Waals surface area contributed by atoms with E-state index in [4.69, 9.17) is 0 Å². The van der Waals surface area contributed by atoms with Gasteiger partial charge in [-0.3, -0.25) is 9.89 Å². The number of nitrogens with zero attached hydrogens (tertiary/aromatic N) is 2. The monoisotopic (exact) mass is 367 g/mol. The van der Waals surface area contributed by atoms with Crippen molar-refractivity contribution in [2.75, 3.05) is 13.1 Å². The molecule has 2 N–H and O–H groups in total. The Morgan fingerprint density at radius 3 is 2.58 bits per heavy atom. The summed E-state index contributed by atoms with van der Waals surface area (Å²) < 4.78 is 0. The fourth-order valence-electron chi connectivity index (χ4n) is 3.50. The number of nitrogens with one attached hydrogen (secondary N) is 1. The smallest absolute Gasteiger partial charge is 0.253 e. The van der Waals surface area contributed by atoms with Gasteiger partial charge in [0.15, 0.2) is 0 Å². The summed E-state index contributed by atoms with van der Waals surface area (Å²) in [6.45, 7) is 1.38. The number of carbonyl (C=O) groups is 1. The Kier molecular flexibility index (Phi) is 4.86. The minimum absolute atomic E-state index is 0.0604. The Bertz CT molecular complexity index is 836. The first-order valence-corrected chi connectivity index (χ1v) is 9.71. The van der Waals surface area contributed by atoms with Crippen molar-refractivity contribution >= 4 is 17.2 Å². The third kappa shape index (κ3) is 3.43. The van der Waals surface area contributed by atoms with Crippen LogP contribution in [0.3, 0.4) is 0 Å². The van der Waals surface area contributed by atoms with E-state index >= 15 is 0 Å². The van der Waals surface area contributed by atoms with Crippen LogP contribution in [0.2, 0.25) is 0 Å². The van der Waals surface area contributed by atoms with Gasteiger partial charge in [-0.15, -0.1) is 11.3 Å². The first-order valence-electron chi connectivity index (χ1n) is 8.83. The van der Waals surface area contributed by atoms with Gasteiger partial charge in [-0.1, -0.05) is 18.2 Å². The number of aromatic amines is 1. The second kappa shape index (κ2) is 7.43. The van der Waals surface area contributed by atoms with E-state index in [9.17, 15) is 9.90 Å². The Balaban J connectivity index is 1.37. The highest BCUT2D eigenvalue weighted by molar-refractivity contribution is 7.10. The molecule has 1 aliphatic heterocycles. The van der Waals surface area contributed by atoms with Gasteiger partial charge in [0, 0.05) is 29.7 Å². The van der Waals surface area contributed by atoms with Crippen molar-refractivity contribution in [3.05, 3.63) is 64.5 Å². The van der Waals surface area contributed by atoms with Crippen molar-refractivity contribution in [2.45, 2.75) is 18.9 Å². The summed E-state index contributed by atoms with van der Waals surface area (Å²) in [6, 6.07) is 13.5. The summed E-state index contributed by atoms with van der Waals surface area (Å²) in [4.78, 5) is 15.7. The number of H-pyrrole nitrogens is 1. The second-order valence-electron chi connectivity index (χ2n) is 6.64. The van der Waals surface area contributed by atoms with Crippen LogP contribution in [-0.2, 0) is 0 Å². The maximum absolute atomic E-state index is 12.7. The molecule has 1 aliphatic rings. The third-order valence-corrected chi connectivity index (χ3v) is 5.99. The molecule has 6 heteroatoms. The molecular weight excluding hydrogens is 346 g/mol. The fourth-order valence-corrected chi connectivity index (χ4v) is 4.31. The Morgan fingerprint density at radius 2 is 1.96 bits per heavy atom. The van der Waals surface area contributed by atoms with Crippen LogP contribution >= 0.6 is 11.3 Å². The van der Waals surface area contributed by atoms with Crippen molar-refractivity contribution in [1.82, 2.24) is 15.1 Å². The number of piperidine rings is 1. The van der Waals surface area contributed by atoms with Gasteiger partial charge in [-0.05, 0) is 54.0 Å². The van der Waals surface area contributed by atoms with Crippen LogP contribution in [0.1, 0.15) is 34.2 Å². The van der Waals surface area contributed by atoms with Crippen molar-refractivity contribution < 1.29 is 9.90 Å². The van der Waals surface area contributed by atoms with Crippen LogP contribution in [0.4, 0.5) is 0 Å². The lowest BCUT2D eigenvalue weighted by molar-refractivity contribution is 0.0474. The molecule has 2 aromatic heterocycles. The maximum Gasteiger partial charge on any atom is 0.253 e. The third-order valence-electron chi connectivity index (χ3n) is 5.05. The second-order valence-corrected chi connectivity index (χ2v) is 7.62. The standard InChI is InChI=1S/C20H21N3O2S/c24-19(18-2-1-13-26-18)15-8-11-23(12-9-15)20(25)16-5-3-14(4-6-16)17-7-10-21-22-17/h1-7,10,13,15,19,24H,8-9,11-12H2,(H,21,22). The molecule has 4 rings (SSSR count). The SMILES string of the molecule is O=C(c1ccc(-c2ccn[nH]2)cc1)N1CCC(C(O)c2cccs2)CC1. The zero-order valence-electron chi connectivity index (χ0n) is 14.3. The van der Waals surface area contributed by atoms with Gasteiger partial charge in [0.05, 0.1) is 11.8 Å². The predicted molar refractivity (Wildman–Crippen MR) is 102 cm³/mol. The lowest BCUT2D eigenvalue weighted by Crippen LogP contribution is -2.39. The zero-order valence-corrected chi connectivity index (χ0v) is 15.2. The molecule has 0 radical (unpaired) electrons. The molecule has 134 valence electrons. The Hall–Kier alpha value is -2.44. The minimum atomic E-state index is -0.416. The summed E-state index contributed by atoms with van der Waals surface area (Å²) >= 11 is 1.59. The number of aliphatic hydroxyl groups is 1. The zero-order chi connectivity index (χ0) is 17.9. The summed E-state index contributed by atoms with van der Waals surface area (Å²) in [5.41, 5.74) is 2.65. The van der Waals surface area contributed by atoms with E-state index in [0.29, 0.717) is 18.7 Å². The van der Waals surface area contributed by atoms with Crippen molar-refractivity contribution in [3.63, 3.8) is 0 Å². The van der Waals surface area contributed by atoms with Gasteiger partial charge in [0.2, 0.25) is 0 Å². The van der Waals surface area contributed by atoms with Gasteiger partial charge in [0.25, 0.3) is 5.91 Å². The summed E-state index contributed by atoms with van der Waals surface area (Å²) in [6.07, 6.45) is 2.96. The van der Waals surface area contributed by atoms with Gasteiger partial charge >= 0.3 is 0 Å². The molecule has 0 spiro atoms. The number of carbonyl (C=O) groups excluding carboxylic acids is 1. The number of aromatic nitrogens is 2. The first kappa shape index (κ1) is 17.0. The first-order chi connectivity index (χ1) is 12.7. The van der Waals surface area contributed by atoms with E-state index in [1.54, 1.807) is 17.5 Å². The molecule has 0 saturated carbocycles. The van der Waals surface area contributed by atoms with Gasteiger partial charge in [-0.2, -0.15) is 5.10 Å². The molecular formula is C20H21N3O2S. The number of hydrogen-bond acceptors (Lipinski definition) is 4. The highest BCUT2D eigenvalue weighted by Gasteiger charge is 2.29. The van der Waals surface area contributed by atoms with Crippen molar-refractivity contribution in [1.29, 1.82) is 0 Å². The van der Waals surface area contributed by atoms with E-state index < -0.39 is 6.10 Å². The molecule has 1 unspecified atom stereocenters. The van der Waals surface area contributed by atoms with Crippen LogP contribution in [0.5, 0.6) is 0 Å². The van der Waals surface area contributed by atoms with Gasteiger partial charge in [0.1, 0.15) is 0 Å². The fraction of sp³-hybridized carbons (Fsp3) is 0.300. The lowest BCUT2D eigenvalue weighted by Gasteiger charge is -2.34. The molecule has 1 atom stereocenters. The van der Waals surface area contributed by atoms with Gasteiger partial charge < -0.3 is 10.0 Å². The number of amides is 1. The van der Waals surface area contributed by atoms with E-state index in [0.717, 1.165) is 29.0 Å². The normalized spacial score (nSPS) is 16.6. The van der Waals surface area contributed by atoms with Crippen LogP contribution in [0, 0.1) is 5.92 Å². The molecule has 0 aliphatic carbocycles. The minimum Gasteiger partial charge on any atom is -0.387 e. The van der Waals surface area contributed by atoms with Crippen LogP contribution in [0.25, 0.3) is 11.3 Å². The molecule has 5 nitrogen and oxygen atoms in total. The predicted octanol–water partition coefficient (Wildman–Crippen LogP) is 3.72. The summed E-state index contributed by atoms with van der Waals surface area (Å²) in [5, 5.41) is 19.4. The quantitative estimate of drug-likeness (QED) is 0.738. The summed E-state index contributed by atoms with van der Waals surface area (Å²) in [5.74, 6) is 0.283. The molecule has 1 saturated heterocycles. The number of rotatable bonds is 4. The van der Waals surface area contributed by atoms with Crippen LogP contribution in [-0.4, -0.2) is 39.2 Å². The van der Waals surface area contributed by atoms with Crippen molar-refractivity contribution in [2.24, 2.45) is 5.92 Å². The molecule has 1 aromatic carbocycles.